The third-order valence-electron chi connectivity index (χ3n) is 3.65. The highest BCUT2D eigenvalue weighted by atomic mass is 32.2. The number of anilines is 3. The molecule has 0 bridgehead atoms. The third-order valence-corrected chi connectivity index (χ3v) is 5.02. The number of sulfonamides is 1. The number of rotatable bonds is 6. The Labute approximate surface area is 157 Å². The average Bonchev–Trinajstić information content (AvgIpc) is 2.70. The fourth-order valence-corrected chi connectivity index (χ4v) is 3.33. The van der Waals surface area contributed by atoms with Crippen LogP contribution in [0, 0.1) is 0 Å². The van der Waals surface area contributed by atoms with E-state index in [-0.39, 0.29) is 10.7 Å². The van der Waals surface area contributed by atoms with Crippen molar-refractivity contribution >= 4 is 33.2 Å². The third kappa shape index (κ3) is 4.62. The minimum Gasteiger partial charge on any atom is -0.465 e. The number of hydrogen-bond acceptors (Lipinski definition) is 6. The topological polar surface area (TPSA) is 97.4 Å². The second kappa shape index (κ2) is 7.88. The van der Waals surface area contributed by atoms with Crippen molar-refractivity contribution in [2.45, 2.75) is 4.90 Å². The van der Waals surface area contributed by atoms with Crippen molar-refractivity contribution in [2.24, 2.45) is 0 Å². The molecule has 0 radical (unpaired) electrons. The van der Waals surface area contributed by atoms with Crippen LogP contribution in [-0.2, 0) is 14.8 Å². The minimum atomic E-state index is -3.68. The number of ether oxygens (including phenoxy) is 1. The molecule has 0 saturated heterocycles. The van der Waals surface area contributed by atoms with Gasteiger partial charge in [-0.3, -0.25) is 4.72 Å². The lowest BCUT2D eigenvalue weighted by atomic mass is 10.2. The highest BCUT2D eigenvalue weighted by Gasteiger charge is 2.14. The van der Waals surface area contributed by atoms with Crippen LogP contribution in [0.25, 0.3) is 0 Å². The van der Waals surface area contributed by atoms with Crippen LogP contribution < -0.4 is 10.0 Å². The van der Waals surface area contributed by atoms with E-state index in [1.165, 1.54) is 25.4 Å². The molecule has 0 atom stereocenters. The van der Waals surface area contributed by atoms with Gasteiger partial charge in [-0.1, -0.05) is 18.2 Å². The predicted octanol–water partition coefficient (Wildman–Crippen LogP) is 3.41. The van der Waals surface area contributed by atoms with Gasteiger partial charge in [-0.15, -0.1) is 0 Å². The van der Waals surface area contributed by atoms with Crippen molar-refractivity contribution in [3.05, 3.63) is 78.5 Å². The lowest BCUT2D eigenvalue weighted by Crippen LogP contribution is -2.13. The number of nitrogens with zero attached hydrogens (tertiary/aromatic N) is 1. The molecule has 0 aliphatic rings. The van der Waals surface area contributed by atoms with Crippen molar-refractivity contribution in [1.82, 2.24) is 4.98 Å². The Balaban J connectivity index is 1.68. The van der Waals surface area contributed by atoms with Crippen LogP contribution in [-0.4, -0.2) is 26.5 Å². The first-order valence-electron chi connectivity index (χ1n) is 7.97. The number of methoxy groups -OCH3 is 1. The fraction of sp³-hybridized carbons (Fsp3) is 0.0526. The number of nitrogens with one attached hydrogen (secondary N) is 2. The summed E-state index contributed by atoms with van der Waals surface area (Å²) in [7, 11) is -2.35. The highest BCUT2D eigenvalue weighted by molar-refractivity contribution is 7.92. The van der Waals surface area contributed by atoms with Gasteiger partial charge in [0.25, 0.3) is 10.0 Å². The largest absolute Gasteiger partial charge is 0.465 e. The number of esters is 1. The van der Waals surface area contributed by atoms with E-state index in [4.69, 9.17) is 0 Å². The molecule has 3 rings (SSSR count). The Morgan fingerprint density at radius 1 is 0.926 bits per heavy atom. The molecule has 8 heteroatoms. The molecule has 7 nitrogen and oxygen atoms in total. The van der Waals surface area contributed by atoms with Crippen molar-refractivity contribution in [2.75, 3.05) is 17.1 Å². The van der Waals surface area contributed by atoms with Gasteiger partial charge in [-0.25, -0.2) is 18.2 Å². The Morgan fingerprint density at radius 2 is 1.59 bits per heavy atom. The Kier molecular flexibility index (Phi) is 5.37. The van der Waals surface area contributed by atoms with E-state index in [0.29, 0.717) is 11.3 Å². The molecule has 138 valence electrons. The van der Waals surface area contributed by atoms with Crippen LogP contribution in [0.5, 0.6) is 0 Å². The maximum absolute atomic E-state index is 12.3. The van der Waals surface area contributed by atoms with Gasteiger partial charge in [-0.2, -0.15) is 0 Å². The quantitative estimate of drug-likeness (QED) is 0.633. The normalized spacial score (nSPS) is 10.9. The van der Waals surface area contributed by atoms with Gasteiger partial charge in [-0.05, 0) is 48.5 Å². The highest BCUT2D eigenvalue weighted by Crippen LogP contribution is 2.19. The van der Waals surface area contributed by atoms with Gasteiger partial charge in [0, 0.05) is 5.69 Å². The number of hydrogen-bond donors (Lipinski definition) is 2. The Morgan fingerprint density at radius 3 is 2.19 bits per heavy atom. The van der Waals surface area contributed by atoms with Crippen LogP contribution in [0.15, 0.2) is 77.8 Å². The van der Waals surface area contributed by atoms with Crippen LogP contribution in [0.1, 0.15) is 10.4 Å². The van der Waals surface area contributed by atoms with Gasteiger partial charge >= 0.3 is 5.97 Å². The Bertz CT molecular complexity index is 1020. The van der Waals surface area contributed by atoms with Crippen LogP contribution in [0.3, 0.4) is 0 Å². The maximum Gasteiger partial charge on any atom is 0.337 e. The molecular formula is C19H17N3O4S. The number of carbonyl (C=O) groups excluding carboxylic acids is 1. The summed E-state index contributed by atoms with van der Waals surface area (Å²) in [6.07, 6.45) is 1.51. The second-order valence-corrected chi connectivity index (χ2v) is 7.23. The summed E-state index contributed by atoms with van der Waals surface area (Å²) in [5.74, 6) is -0.191. The summed E-state index contributed by atoms with van der Waals surface area (Å²) in [5.41, 5.74) is 1.87. The van der Waals surface area contributed by atoms with Gasteiger partial charge < -0.3 is 10.1 Å². The van der Waals surface area contributed by atoms with Crippen molar-refractivity contribution < 1.29 is 17.9 Å². The predicted molar refractivity (Wildman–Crippen MR) is 103 cm³/mol. The lowest BCUT2D eigenvalue weighted by molar-refractivity contribution is 0.0600. The van der Waals surface area contributed by atoms with Gasteiger partial charge in [0.05, 0.1) is 29.5 Å². The first-order chi connectivity index (χ1) is 13.0. The maximum atomic E-state index is 12.3. The van der Waals surface area contributed by atoms with Crippen LogP contribution in [0.4, 0.5) is 17.2 Å². The molecule has 2 aromatic carbocycles. The first-order valence-corrected chi connectivity index (χ1v) is 9.45. The van der Waals surface area contributed by atoms with Gasteiger partial charge in [0.15, 0.2) is 0 Å². The second-order valence-electron chi connectivity index (χ2n) is 5.54. The summed E-state index contributed by atoms with van der Waals surface area (Å²) < 4.78 is 31.7. The van der Waals surface area contributed by atoms with Crippen molar-refractivity contribution in [3.63, 3.8) is 0 Å². The van der Waals surface area contributed by atoms with E-state index in [9.17, 15) is 13.2 Å². The average molecular weight is 383 g/mol. The fourth-order valence-electron chi connectivity index (χ4n) is 2.30. The van der Waals surface area contributed by atoms with E-state index in [1.54, 1.807) is 54.6 Å². The van der Waals surface area contributed by atoms with E-state index in [1.807, 2.05) is 0 Å². The number of aromatic nitrogens is 1. The zero-order valence-corrected chi connectivity index (χ0v) is 15.2. The first kappa shape index (κ1) is 18.4. The molecule has 27 heavy (non-hydrogen) atoms. The molecule has 2 N–H and O–H groups in total. The lowest BCUT2D eigenvalue weighted by Gasteiger charge is -2.09. The molecular weight excluding hydrogens is 366 g/mol. The summed E-state index contributed by atoms with van der Waals surface area (Å²) >= 11 is 0. The molecule has 0 amide bonds. The molecule has 0 fully saturated rings. The zero-order chi connectivity index (χ0) is 19.3. The zero-order valence-electron chi connectivity index (χ0n) is 14.4. The Hall–Kier alpha value is -3.39. The monoisotopic (exact) mass is 383 g/mol. The van der Waals surface area contributed by atoms with Crippen LogP contribution >= 0.6 is 0 Å². The number of pyridine rings is 1. The van der Waals surface area contributed by atoms with E-state index in [0.717, 1.165) is 5.69 Å². The van der Waals surface area contributed by atoms with E-state index >= 15 is 0 Å². The standard InChI is InChI=1S/C19H17N3O4S/c1-26-19(23)14-7-9-15(10-8-14)21-16-11-12-18(20-13-16)22-27(24,25)17-5-3-2-4-6-17/h2-13,21H,1H3,(H,20,22). The van der Waals surface area contributed by atoms with Crippen molar-refractivity contribution in [3.8, 4) is 0 Å². The van der Waals surface area contributed by atoms with Crippen molar-refractivity contribution in [1.29, 1.82) is 0 Å². The minimum absolute atomic E-state index is 0.166. The number of benzene rings is 2. The summed E-state index contributed by atoms with van der Waals surface area (Å²) in [6, 6.07) is 18.1. The molecule has 0 aliphatic carbocycles. The molecule has 3 aromatic rings. The van der Waals surface area contributed by atoms with Gasteiger partial charge in [0.2, 0.25) is 0 Å². The summed E-state index contributed by atoms with van der Waals surface area (Å²) in [5, 5.41) is 3.12. The van der Waals surface area contributed by atoms with E-state index in [2.05, 4.69) is 19.8 Å². The molecule has 0 aliphatic heterocycles. The smallest absolute Gasteiger partial charge is 0.337 e. The molecule has 1 aromatic heterocycles. The van der Waals surface area contributed by atoms with Crippen LogP contribution in [0.2, 0.25) is 0 Å². The SMILES string of the molecule is COC(=O)c1ccc(Nc2ccc(NS(=O)(=O)c3ccccc3)nc2)cc1. The summed E-state index contributed by atoms with van der Waals surface area (Å²) in [6.45, 7) is 0. The molecule has 0 unspecified atom stereocenters. The molecule has 1 heterocycles. The summed E-state index contributed by atoms with van der Waals surface area (Å²) in [4.78, 5) is 15.7. The number of carbonyl (C=O) groups is 1. The molecule has 0 saturated carbocycles. The van der Waals surface area contributed by atoms with Gasteiger partial charge in [0.1, 0.15) is 5.82 Å². The van der Waals surface area contributed by atoms with E-state index < -0.39 is 16.0 Å². The molecule has 0 spiro atoms.